The monoisotopic (exact) mass is 362 g/mol. The number of halogens is 1. The third kappa shape index (κ3) is 3.38. The van der Waals surface area contributed by atoms with Crippen LogP contribution in [0, 0.1) is 12.7 Å². The van der Waals surface area contributed by atoms with Gasteiger partial charge in [0.25, 0.3) is 0 Å². The fourth-order valence-electron chi connectivity index (χ4n) is 3.31. The van der Waals surface area contributed by atoms with Crippen LogP contribution in [0.3, 0.4) is 0 Å². The van der Waals surface area contributed by atoms with E-state index in [9.17, 15) is 9.18 Å². The molecule has 3 heterocycles. The molecular formula is C21H19FN4O. The first kappa shape index (κ1) is 17.1. The first-order valence-electron chi connectivity index (χ1n) is 8.74. The molecule has 1 aromatic carbocycles. The number of anilines is 1. The average Bonchev–Trinajstić information content (AvgIpc) is 3.07. The molecule has 0 bridgehead atoms. The van der Waals surface area contributed by atoms with Crippen LogP contribution >= 0.6 is 0 Å². The number of hydrogen-bond donors (Lipinski definition) is 1. The zero-order valence-electron chi connectivity index (χ0n) is 14.9. The molecule has 6 heteroatoms. The van der Waals surface area contributed by atoms with Gasteiger partial charge in [0.1, 0.15) is 5.82 Å². The highest BCUT2D eigenvalue weighted by Gasteiger charge is 2.24. The second kappa shape index (κ2) is 6.79. The number of aryl methyl sites for hydroxylation is 1. The molecule has 0 aliphatic carbocycles. The van der Waals surface area contributed by atoms with Gasteiger partial charge in [-0.2, -0.15) is 0 Å². The van der Waals surface area contributed by atoms with E-state index in [1.807, 2.05) is 19.2 Å². The molecule has 136 valence electrons. The van der Waals surface area contributed by atoms with E-state index in [1.54, 1.807) is 35.2 Å². The van der Waals surface area contributed by atoms with Gasteiger partial charge in [0, 0.05) is 30.5 Å². The molecule has 0 fully saturated rings. The number of pyridine rings is 2. The Morgan fingerprint density at radius 1 is 1.19 bits per heavy atom. The number of benzene rings is 1. The number of aromatic nitrogens is 2. The smallest absolute Gasteiger partial charge is 0.229 e. The number of nitrogens with zero attached hydrogens (tertiary/aromatic N) is 3. The van der Waals surface area contributed by atoms with Gasteiger partial charge < -0.3 is 10.6 Å². The van der Waals surface area contributed by atoms with E-state index in [1.165, 1.54) is 6.07 Å². The van der Waals surface area contributed by atoms with Crippen molar-refractivity contribution < 1.29 is 9.18 Å². The number of fused-ring (bicyclic) bond motifs is 1. The minimum atomic E-state index is -0.357. The fraction of sp³-hybridized carbons (Fsp3) is 0.190. The number of nitrogens with two attached hydrogens (primary N) is 1. The number of hydrogen-bond acceptors (Lipinski definition) is 4. The molecule has 3 aromatic rings. The molecule has 0 unspecified atom stereocenters. The maximum atomic E-state index is 14.0. The maximum absolute atomic E-state index is 14.0. The molecule has 1 amide bonds. The summed E-state index contributed by atoms with van der Waals surface area (Å²) >= 11 is 0. The van der Waals surface area contributed by atoms with Crippen molar-refractivity contribution in [3.05, 3.63) is 77.0 Å². The number of nitrogen functional groups attached to an aromatic ring is 1. The second-order valence-electron chi connectivity index (χ2n) is 6.73. The minimum Gasteiger partial charge on any atom is -0.397 e. The molecule has 5 nitrogen and oxygen atoms in total. The SMILES string of the molecule is Cc1cc2c(cn1)CN(C(=O)Cc1nc(-c3ccccc3F)ccc1N)C2. The molecule has 0 saturated heterocycles. The first-order chi connectivity index (χ1) is 13.0. The van der Waals surface area contributed by atoms with Crippen LogP contribution in [-0.2, 0) is 24.3 Å². The van der Waals surface area contributed by atoms with Crippen molar-refractivity contribution in [2.24, 2.45) is 0 Å². The number of carbonyl (C=O) groups excluding carboxylic acids is 1. The second-order valence-corrected chi connectivity index (χ2v) is 6.73. The summed E-state index contributed by atoms with van der Waals surface area (Å²) in [4.78, 5) is 23.3. The van der Waals surface area contributed by atoms with Crippen molar-refractivity contribution in [2.75, 3.05) is 5.73 Å². The van der Waals surface area contributed by atoms with Gasteiger partial charge in [0.05, 0.1) is 23.5 Å². The van der Waals surface area contributed by atoms with Gasteiger partial charge >= 0.3 is 0 Å². The Balaban J connectivity index is 1.55. The minimum absolute atomic E-state index is 0.0614. The third-order valence-corrected chi connectivity index (χ3v) is 4.77. The number of carbonyl (C=O) groups is 1. The summed E-state index contributed by atoms with van der Waals surface area (Å²) in [5.41, 5.74) is 10.9. The van der Waals surface area contributed by atoms with Gasteiger partial charge in [0.15, 0.2) is 0 Å². The molecule has 4 rings (SSSR count). The Kier molecular flexibility index (Phi) is 4.32. The molecule has 27 heavy (non-hydrogen) atoms. The predicted molar refractivity (Wildman–Crippen MR) is 101 cm³/mol. The zero-order chi connectivity index (χ0) is 19.0. The van der Waals surface area contributed by atoms with E-state index in [0.29, 0.717) is 35.7 Å². The molecule has 0 spiro atoms. The Bertz CT molecular complexity index is 1030. The van der Waals surface area contributed by atoms with Gasteiger partial charge in [-0.3, -0.25) is 14.8 Å². The Hall–Kier alpha value is -3.28. The molecule has 1 aliphatic rings. The molecule has 0 saturated carbocycles. The normalized spacial score (nSPS) is 12.9. The van der Waals surface area contributed by atoms with Crippen molar-refractivity contribution in [3.63, 3.8) is 0 Å². The Morgan fingerprint density at radius 2 is 1.96 bits per heavy atom. The highest BCUT2D eigenvalue weighted by atomic mass is 19.1. The summed E-state index contributed by atoms with van der Waals surface area (Å²) in [6, 6.07) is 11.8. The van der Waals surface area contributed by atoms with Crippen LogP contribution in [0.4, 0.5) is 10.1 Å². The van der Waals surface area contributed by atoms with E-state index in [-0.39, 0.29) is 18.1 Å². The van der Waals surface area contributed by atoms with Gasteiger partial charge in [-0.15, -0.1) is 0 Å². The molecule has 2 N–H and O–H groups in total. The summed E-state index contributed by atoms with van der Waals surface area (Å²) in [6.07, 6.45) is 1.90. The lowest BCUT2D eigenvalue weighted by atomic mass is 10.1. The molecule has 0 radical (unpaired) electrons. The summed E-state index contributed by atoms with van der Waals surface area (Å²) in [7, 11) is 0. The van der Waals surface area contributed by atoms with Gasteiger partial charge in [0.2, 0.25) is 5.91 Å². The lowest BCUT2D eigenvalue weighted by molar-refractivity contribution is -0.131. The number of rotatable bonds is 3. The highest BCUT2D eigenvalue weighted by Crippen LogP contribution is 2.26. The van der Waals surface area contributed by atoms with Crippen LogP contribution in [0.15, 0.2) is 48.7 Å². The van der Waals surface area contributed by atoms with Crippen molar-refractivity contribution in [1.29, 1.82) is 0 Å². The predicted octanol–water partition coefficient (Wildman–Crippen LogP) is 3.26. The average molecular weight is 362 g/mol. The lowest BCUT2D eigenvalue weighted by Crippen LogP contribution is -2.27. The van der Waals surface area contributed by atoms with E-state index in [2.05, 4.69) is 9.97 Å². The van der Waals surface area contributed by atoms with E-state index < -0.39 is 0 Å². The molecular weight excluding hydrogens is 343 g/mol. The van der Waals surface area contributed by atoms with Gasteiger partial charge in [-0.25, -0.2) is 4.39 Å². The van der Waals surface area contributed by atoms with Crippen LogP contribution in [-0.4, -0.2) is 20.8 Å². The number of amides is 1. The van der Waals surface area contributed by atoms with Crippen molar-refractivity contribution in [2.45, 2.75) is 26.4 Å². The topological polar surface area (TPSA) is 72.1 Å². The van der Waals surface area contributed by atoms with Crippen LogP contribution in [0.1, 0.15) is 22.5 Å². The highest BCUT2D eigenvalue weighted by molar-refractivity contribution is 5.81. The van der Waals surface area contributed by atoms with E-state index in [4.69, 9.17) is 5.73 Å². The van der Waals surface area contributed by atoms with E-state index in [0.717, 1.165) is 16.8 Å². The van der Waals surface area contributed by atoms with E-state index >= 15 is 0 Å². The molecule has 1 aliphatic heterocycles. The largest absolute Gasteiger partial charge is 0.397 e. The fourth-order valence-corrected chi connectivity index (χ4v) is 3.31. The molecule has 0 atom stereocenters. The third-order valence-electron chi connectivity index (χ3n) is 4.77. The summed E-state index contributed by atoms with van der Waals surface area (Å²) in [5, 5.41) is 0. The van der Waals surface area contributed by atoms with Gasteiger partial charge in [-0.05, 0) is 48.4 Å². The first-order valence-corrected chi connectivity index (χ1v) is 8.74. The van der Waals surface area contributed by atoms with Crippen LogP contribution < -0.4 is 5.73 Å². The standard InChI is InChI=1S/C21H19FN4O/c1-13-8-14-11-26(12-15(14)10-24-13)21(27)9-20-18(23)6-7-19(25-20)16-4-2-3-5-17(16)22/h2-8,10H,9,11-12,23H2,1H3. The van der Waals surface area contributed by atoms with Crippen LogP contribution in [0.2, 0.25) is 0 Å². The van der Waals surface area contributed by atoms with Crippen LogP contribution in [0.25, 0.3) is 11.3 Å². The van der Waals surface area contributed by atoms with Crippen molar-refractivity contribution in [3.8, 4) is 11.3 Å². The van der Waals surface area contributed by atoms with Crippen molar-refractivity contribution >= 4 is 11.6 Å². The lowest BCUT2D eigenvalue weighted by Gasteiger charge is -2.16. The van der Waals surface area contributed by atoms with Gasteiger partial charge in [-0.1, -0.05) is 12.1 Å². The summed E-state index contributed by atoms with van der Waals surface area (Å²) < 4.78 is 14.0. The van der Waals surface area contributed by atoms with Crippen molar-refractivity contribution in [1.82, 2.24) is 14.9 Å². The summed E-state index contributed by atoms with van der Waals surface area (Å²) in [6.45, 7) is 3.03. The Morgan fingerprint density at radius 3 is 2.78 bits per heavy atom. The quantitative estimate of drug-likeness (QED) is 0.776. The summed E-state index contributed by atoms with van der Waals surface area (Å²) in [5.74, 6) is -0.418. The Labute approximate surface area is 156 Å². The zero-order valence-corrected chi connectivity index (χ0v) is 14.9. The van der Waals surface area contributed by atoms with Crippen LogP contribution in [0.5, 0.6) is 0 Å². The maximum Gasteiger partial charge on any atom is 0.229 e. The molecule has 2 aromatic heterocycles.